The van der Waals surface area contributed by atoms with E-state index >= 15 is 0 Å². The van der Waals surface area contributed by atoms with E-state index in [0.717, 1.165) is 51.2 Å². The lowest BCUT2D eigenvalue weighted by Crippen LogP contribution is -2.57. The van der Waals surface area contributed by atoms with Crippen molar-refractivity contribution in [2.24, 2.45) is 11.8 Å². The van der Waals surface area contributed by atoms with Crippen molar-refractivity contribution in [1.82, 2.24) is 24.6 Å². The molecule has 0 aromatic carbocycles. The van der Waals surface area contributed by atoms with Crippen molar-refractivity contribution in [3.8, 4) is 11.3 Å². The molecule has 10 heteroatoms. The predicted octanol–water partition coefficient (Wildman–Crippen LogP) is 3.64. The molecule has 2 aliphatic heterocycles. The number of alkyl halides is 3. The fourth-order valence-corrected chi connectivity index (χ4v) is 6.51. The number of pyridine rings is 1. The third kappa shape index (κ3) is 4.13. The first kappa shape index (κ1) is 23.2. The summed E-state index contributed by atoms with van der Waals surface area (Å²) in [5.41, 5.74) is 6.61. The number of halogens is 3. The van der Waals surface area contributed by atoms with Gasteiger partial charge in [-0.1, -0.05) is 0 Å². The Morgan fingerprint density at radius 3 is 2.17 bits per heavy atom. The van der Waals surface area contributed by atoms with Crippen LogP contribution in [0.25, 0.3) is 11.3 Å². The van der Waals surface area contributed by atoms with Crippen molar-refractivity contribution < 1.29 is 17.9 Å². The molecule has 2 aromatic heterocycles. The molecule has 0 radical (unpaired) electrons. The smallest absolute Gasteiger partial charge is 0.383 e. The maximum Gasteiger partial charge on any atom is 0.419 e. The summed E-state index contributed by atoms with van der Waals surface area (Å²) in [5.74, 6) is 1.20. The first-order chi connectivity index (χ1) is 16.7. The van der Waals surface area contributed by atoms with Crippen molar-refractivity contribution >= 4 is 5.82 Å². The van der Waals surface area contributed by atoms with Gasteiger partial charge in [0.15, 0.2) is 0 Å². The maximum absolute atomic E-state index is 13.4. The first-order valence-corrected chi connectivity index (χ1v) is 12.7. The van der Waals surface area contributed by atoms with Gasteiger partial charge in [-0.15, -0.1) is 0 Å². The zero-order valence-corrected chi connectivity index (χ0v) is 20.2. The van der Waals surface area contributed by atoms with Crippen LogP contribution in [-0.2, 0) is 10.9 Å². The van der Waals surface area contributed by atoms with E-state index in [2.05, 4.69) is 28.6 Å². The largest absolute Gasteiger partial charge is 0.419 e. The second kappa shape index (κ2) is 8.45. The van der Waals surface area contributed by atoms with Crippen molar-refractivity contribution in [3.05, 3.63) is 29.6 Å². The van der Waals surface area contributed by atoms with E-state index in [0.29, 0.717) is 41.1 Å². The van der Waals surface area contributed by atoms with Crippen molar-refractivity contribution in [1.29, 1.82) is 0 Å². The molecule has 4 heterocycles. The average molecular weight is 491 g/mol. The Morgan fingerprint density at radius 1 is 1.00 bits per heavy atom. The lowest BCUT2D eigenvalue weighted by Gasteiger charge is -2.44. The molecule has 0 bridgehead atoms. The van der Waals surface area contributed by atoms with Gasteiger partial charge < -0.3 is 10.5 Å². The summed E-state index contributed by atoms with van der Waals surface area (Å²) in [6.07, 6.45) is -0.763. The summed E-state index contributed by atoms with van der Waals surface area (Å²) in [5, 5.41) is 4.71. The van der Waals surface area contributed by atoms with E-state index in [-0.39, 0.29) is 6.04 Å². The summed E-state index contributed by atoms with van der Waals surface area (Å²) in [6.45, 7) is 10.4. The van der Waals surface area contributed by atoms with Gasteiger partial charge in [0, 0.05) is 61.6 Å². The van der Waals surface area contributed by atoms with Crippen LogP contribution in [0.15, 0.2) is 18.3 Å². The normalized spacial score (nSPS) is 30.0. The van der Waals surface area contributed by atoms with Crippen LogP contribution >= 0.6 is 0 Å². The number of rotatable bonds is 5. The summed E-state index contributed by atoms with van der Waals surface area (Å²) in [6, 6.07) is 4.44. The van der Waals surface area contributed by atoms with Crippen molar-refractivity contribution in [3.63, 3.8) is 0 Å². The van der Waals surface area contributed by atoms with Crippen LogP contribution in [-0.4, -0.2) is 76.0 Å². The molecule has 4 fully saturated rings. The molecular formula is C25H33F3N6O. The molecule has 0 spiro atoms. The molecule has 190 valence electrons. The molecular weight excluding hydrogens is 457 g/mol. The van der Waals surface area contributed by atoms with Gasteiger partial charge in [0.05, 0.1) is 30.5 Å². The maximum atomic E-state index is 13.4. The molecule has 0 amide bonds. The highest BCUT2D eigenvalue weighted by atomic mass is 19.4. The highest BCUT2D eigenvalue weighted by molar-refractivity contribution is 5.63. The van der Waals surface area contributed by atoms with Gasteiger partial charge in [-0.3, -0.25) is 14.5 Å². The predicted molar refractivity (Wildman–Crippen MR) is 126 cm³/mol. The van der Waals surface area contributed by atoms with E-state index in [1.165, 1.54) is 19.0 Å². The second-order valence-electron chi connectivity index (χ2n) is 10.9. The Hall–Kier alpha value is -2.17. The number of fused-ring (bicyclic) bond motifs is 1. The number of nitrogen functional groups attached to an aromatic ring is 1. The number of nitrogens with two attached hydrogens (primary N) is 1. The Kier molecular flexibility index (Phi) is 5.61. The second-order valence-corrected chi connectivity index (χ2v) is 10.9. The van der Waals surface area contributed by atoms with Crippen LogP contribution in [0, 0.1) is 11.8 Å². The molecule has 4 atom stereocenters. The number of ether oxygens (including phenoxy) is 1. The zero-order valence-electron chi connectivity index (χ0n) is 20.2. The van der Waals surface area contributed by atoms with Gasteiger partial charge in [-0.25, -0.2) is 4.98 Å². The molecule has 4 aliphatic rings. The first-order valence-electron chi connectivity index (χ1n) is 12.7. The minimum Gasteiger partial charge on any atom is -0.383 e. The Morgan fingerprint density at radius 2 is 1.63 bits per heavy atom. The zero-order chi connectivity index (χ0) is 24.5. The quantitative estimate of drug-likeness (QED) is 0.690. The fraction of sp³-hybridized carbons (Fsp3) is 0.680. The molecule has 2 saturated carbocycles. The monoisotopic (exact) mass is 490 g/mol. The Labute approximate surface area is 203 Å². The van der Waals surface area contributed by atoms with Crippen molar-refractivity contribution in [2.45, 2.75) is 56.9 Å². The molecule has 7 nitrogen and oxygen atoms in total. The molecule has 2 N–H and O–H groups in total. The van der Waals surface area contributed by atoms with Gasteiger partial charge in [0.1, 0.15) is 5.82 Å². The number of hydrogen-bond donors (Lipinski definition) is 1. The van der Waals surface area contributed by atoms with Crippen molar-refractivity contribution in [2.75, 3.05) is 45.1 Å². The van der Waals surface area contributed by atoms with Gasteiger partial charge in [-0.2, -0.15) is 18.3 Å². The number of anilines is 1. The molecule has 35 heavy (non-hydrogen) atoms. The van der Waals surface area contributed by atoms with E-state index in [1.807, 2.05) is 10.7 Å². The summed E-state index contributed by atoms with van der Waals surface area (Å²) in [4.78, 5) is 9.04. The van der Waals surface area contributed by atoms with Crippen LogP contribution in [0.1, 0.15) is 49.9 Å². The SMILES string of the molecule is CC(C)n1nc(-c2cnc(N)c(C(F)(F)F)c2)cc1[C@H]1[C@@H]2C[C@@H](N3CCN(C4COC4)CC3)C[C@@H]21. The van der Waals surface area contributed by atoms with E-state index in [4.69, 9.17) is 15.6 Å². The van der Waals surface area contributed by atoms with E-state index in [9.17, 15) is 13.2 Å². The standard InChI is InChI=1S/C25H33F3N6O/c1-14(2)34-22(10-21(31-34)15-7-20(25(26,27)28)24(29)30-11-15)23-18-8-16(9-19(18)23)32-3-5-33(6-4-32)17-12-35-13-17/h7,10-11,14,16-19,23H,3-6,8-9,12-13H2,1-2H3,(H2,29,30)/t16-,18-,19+,23+. The minimum absolute atomic E-state index is 0.128. The number of piperazine rings is 1. The summed E-state index contributed by atoms with van der Waals surface area (Å²) >= 11 is 0. The average Bonchev–Trinajstić information content (AvgIpc) is 3.13. The number of hydrogen-bond acceptors (Lipinski definition) is 6. The van der Waals surface area contributed by atoms with Gasteiger partial charge in [0.2, 0.25) is 0 Å². The highest BCUT2D eigenvalue weighted by Gasteiger charge is 2.58. The third-order valence-electron chi connectivity index (χ3n) is 8.54. The molecule has 2 aromatic rings. The molecule has 0 unspecified atom stereocenters. The lowest BCUT2D eigenvalue weighted by molar-refractivity contribution is -0.137. The van der Waals surface area contributed by atoms with Crippen LogP contribution in [0.3, 0.4) is 0 Å². The number of nitrogens with zero attached hydrogens (tertiary/aromatic N) is 5. The van der Waals surface area contributed by atoms with Crippen LogP contribution in [0.4, 0.5) is 19.0 Å². The lowest BCUT2D eigenvalue weighted by atomic mass is 10.0. The highest BCUT2D eigenvalue weighted by Crippen LogP contribution is 2.64. The summed E-state index contributed by atoms with van der Waals surface area (Å²) < 4.78 is 47.4. The Balaban J connectivity index is 1.15. The molecule has 2 saturated heterocycles. The molecule has 6 rings (SSSR count). The van der Waals surface area contributed by atoms with Crippen LogP contribution < -0.4 is 5.73 Å². The fourth-order valence-electron chi connectivity index (χ4n) is 6.51. The number of aromatic nitrogens is 3. The minimum atomic E-state index is -4.55. The van der Waals surface area contributed by atoms with E-state index < -0.39 is 17.6 Å². The van der Waals surface area contributed by atoms with Gasteiger partial charge >= 0.3 is 6.18 Å². The van der Waals surface area contributed by atoms with Crippen LogP contribution in [0.5, 0.6) is 0 Å². The van der Waals surface area contributed by atoms with Gasteiger partial charge in [0.25, 0.3) is 0 Å². The Bertz CT molecular complexity index is 1080. The van der Waals surface area contributed by atoms with Crippen LogP contribution in [0.2, 0.25) is 0 Å². The third-order valence-corrected chi connectivity index (χ3v) is 8.54. The van der Waals surface area contributed by atoms with Gasteiger partial charge in [-0.05, 0) is 50.7 Å². The topological polar surface area (TPSA) is 72.4 Å². The molecule has 2 aliphatic carbocycles. The van der Waals surface area contributed by atoms with E-state index in [1.54, 1.807) is 0 Å². The summed E-state index contributed by atoms with van der Waals surface area (Å²) in [7, 11) is 0.